The minimum atomic E-state index is -0.920. The molecule has 2 N–H and O–H groups in total. The van der Waals surface area contributed by atoms with Gasteiger partial charge in [-0.1, -0.05) is 30.3 Å². The normalized spacial score (nSPS) is 17.5. The number of hydrogen-bond donors (Lipinski definition) is 2. The first-order chi connectivity index (χ1) is 16.0. The maximum Gasteiger partial charge on any atom is 0.323 e. The first kappa shape index (κ1) is 21.5. The number of fused-ring (bicyclic) bond motifs is 3. The fraction of sp³-hybridized carbons (Fsp3) is 0.385. The molecule has 0 aliphatic heterocycles. The van der Waals surface area contributed by atoms with Crippen LogP contribution in [0, 0.1) is 11.7 Å². The van der Waals surface area contributed by atoms with Gasteiger partial charge in [0, 0.05) is 35.7 Å². The third-order valence-electron chi connectivity index (χ3n) is 6.84. The molecule has 2 aliphatic carbocycles. The van der Waals surface area contributed by atoms with Crippen LogP contribution in [0.25, 0.3) is 10.9 Å². The summed E-state index contributed by atoms with van der Waals surface area (Å²) < 4.78 is 15.9. The summed E-state index contributed by atoms with van der Waals surface area (Å²) in [6, 6.07) is 14.3. The Kier molecular flexibility index (Phi) is 5.79. The number of hydrogen-bond acceptors (Lipinski definition) is 2. The highest BCUT2D eigenvalue weighted by Crippen LogP contribution is 2.36. The topological polar surface area (TPSA) is 74.6 Å². The average Bonchev–Trinajstić information content (AvgIpc) is 3.59. The van der Waals surface area contributed by atoms with Crippen molar-refractivity contribution in [3.8, 4) is 0 Å². The molecule has 2 aliphatic rings. The monoisotopic (exact) mass is 449 g/mol. The Morgan fingerprint density at radius 3 is 2.64 bits per heavy atom. The Bertz CT molecular complexity index is 1190. The van der Waals surface area contributed by atoms with Crippen LogP contribution in [-0.4, -0.2) is 39.2 Å². The van der Waals surface area contributed by atoms with Crippen LogP contribution in [0.15, 0.2) is 48.5 Å². The molecule has 5 rings (SSSR count). The minimum absolute atomic E-state index is 0.000943. The molecule has 0 spiro atoms. The van der Waals surface area contributed by atoms with Crippen molar-refractivity contribution in [3.63, 3.8) is 0 Å². The van der Waals surface area contributed by atoms with E-state index in [1.165, 1.54) is 12.1 Å². The van der Waals surface area contributed by atoms with E-state index >= 15 is 0 Å². The fourth-order valence-electron chi connectivity index (χ4n) is 5.04. The molecule has 3 aromatic rings. The highest BCUT2D eigenvalue weighted by molar-refractivity contribution is 5.87. The molecule has 0 bridgehead atoms. The van der Waals surface area contributed by atoms with Gasteiger partial charge in [0.05, 0.1) is 0 Å². The predicted molar refractivity (Wildman–Crippen MR) is 123 cm³/mol. The van der Waals surface area contributed by atoms with E-state index in [1.54, 1.807) is 10.6 Å². The molecule has 172 valence electrons. The number of nitrogens with one attached hydrogen (secondary N) is 1. The molecule has 2 amide bonds. The lowest BCUT2D eigenvalue weighted by Crippen LogP contribution is -2.49. The van der Waals surface area contributed by atoms with Crippen molar-refractivity contribution in [1.29, 1.82) is 0 Å². The lowest BCUT2D eigenvalue weighted by atomic mass is 9.90. The van der Waals surface area contributed by atoms with Gasteiger partial charge in [0.1, 0.15) is 12.4 Å². The summed E-state index contributed by atoms with van der Waals surface area (Å²) in [6.45, 7) is 1.05. The average molecular weight is 450 g/mol. The lowest BCUT2D eigenvalue weighted by Gasteiger charge is -2.35. The molecular weight excluding hydrogens is 421 g/mol. The van der Waals surface area contributed by atoms with Crippen molar-refractivity contribution < 1.29 is 19.1 Å². The van der Waals surface area contributed by atoms with E-state index in [-0.39, 0.29) is 24.4 Å². The molecule has 7 heteroatoms. The second kappa shape index (κ2) is 8.89. The highest BCUT2D eigenvalue weighted by atomic mass is 19.1. The van der Waals surface area contributed by atoms with Crippen LogP contribution < -0.4 is 5.32 Å². The Hall–Kier alpha value is -3.35. The Labute approximate surface area is 192 Å². The van der Waals surface area contributed by atoms with Crippen LogP contribution in [0.5, 0.6) is 0 Å². The van der Waals surface area contributed by atoms with Gasteiger partial charge in [-0.25, -0.2) is 9.18 Å². The number of nitrogens with zero attached hydrogens (tertiary/aromatic N) is 2. The van der Waals surface area contributed by atoms with E-state index in [4.69, 9.17) is 0 Å². The molecule has 6 nitrogen and oxygen atoms in total. The van der Waals surface area contributed by atoms with E-state index in [0.29, 0.717) is 25.3 Å². The van der Waals surface area contributed by atoms with Gasteiger partial charge in [0.2, 0.25) is 0 Å². The van der Waals surface area contributed by atoms with Crippen molar-refractivity contribution >= 4 is 22.9 Å². The third kappa shape index (κ3) is 4.58. The molecule has 33 heavy (non-hydrogen) atoms. The van der Waals surface area contributed by atoms with Gasteiger partial charge in [-0.2, -0.15) is 0 Å². The van der Waals surface area contributed by atoms with Crippen molar-refractivity contribution in [2.75, 3.05) is 6.54 Å². The summed E-state index contributed by atoms with van der Waals surface area (Å²) in [5.41, 5.74) is 3.71. The van der Waals surface area contributed by atoms with Crippen molar-refractivity contribution in [2.24, 2.45) is 5.92 Å². The predicted octanol–water partition coefficient (Wildman–Crippen LogP) is 4.34. The molecule has 1 atom stereocenters. The number of rotatable bonds is 7. The number of aromatic nitrogens is 1. The van der Waals surface area contributed by atoms with Crippen LogP contribution in [0.1, 0.15) is 36.1 Å². The van der Waals surface area contributed by atoms with Crippen LogP contribution >= 0.6 is 0 Å². The van der Waals surface area contributed by atoms with Crippen LogP contribution in [0.2, 0.25) is 0 Å². The van der Waals surface area contributed by atoms with Gasteiger partial charge >= 0.3 is 12.0 Å². The standard InChI is InChI=1S/C26H28FN3O3/c27-19-8-10-23-21(12-19)22-13-20(9-11-24(22)30(23)16-25(31)32)29(15-18-6-7-18)26(33)28-14-17-4-2-1-3-5-17/h1-5,8,10,12,18,20H,6-7,9,11,13-16H2,(H,28,33)(H,31,32)/t20-/m0/s1. The molecule has 0 radical (unpaired) electrons. The van der Waals surface area contributed by atoms with Gasteiger partial charge in [0.15, 0.2) is 0 Å². The van der Waals surface area contributed by atoms with Gasteiger partial charge in [-0.15, -0.1) is 0 Å². The van der Waals surface area contributed by atoms with E-state index in [9.17, 15) is 19.1 Å². The number of benzene rings is 2. The number of amides is 2. The summed E-state index contributed by atoms with van der Waals surface area (Å²) in [5, 5.41) is 13.2. The SMILES string of the molecule is O=C(O)Cn1c2c(c3cc(F)ccc31)C[C@@H](N(CC1CC1)C(=O)NCc1ccccc1)CC2. The van der Waals surface area contributed by atoms with Gasteiger partial charge in [-0.3, -0.25) is 4.79 Å². The van der Waals surface area contributed by atoms with Gasteiger partial charge in [-0.05, 0) is 67.3 Å². The number of carbonyl (C=O) groups excluding carboxylic acids is 1. The summed E-state index contributed by atoms with van der Waals surface area (Å²) in [7, 11) is 0. The second-order valence-electron chi connectivity index (χ2n) is 9.20. The van der Waals surface area contributed by atoms with Crippen LogP contribution in [-0.2, 0) is 30.7 Å². The first-order valence-electron chi connectivity index (χ1n) is 11.6. The van der Waals surface area contributed by atoms with Crippen LogP contribution in [0.3, 0.4) is 0 Å². The Morgan fingerprint density at radius 1 is 1.12 bits per heavy atom. The van der Waals surface area contributed by atoms with Crippen molar-refractivity contribution in [1.82, 2.24) is 14.8 Å². The molecule has 0 unspecified atom stereocenters. The molecule has 1 fully saturated rings. The first-order valence-corrected chi connectivity index (χ1v) is 11.6. The van der Waals surface area contributed by atoms with E-state index in [2.05, 4.69) is 5.32 Å². The van der Waals surface area contributed by atoms with E-state index < -0.39 is 5.97 Å². The number of urea groups is 1. The molecular formula is C26H28FN3O3. The summed E-state index contributed by atoms with van der Waals surface area (Å²) in [5.74, 6) is -0.716. The highest BCUT2D eigenvalue weighted by Gasteiger charge is 2.35. The van der Waals surface area contributed by atoms with Crippen molar-refractivity contribution in [2.45, 2.75) is 51.2 Å². The Morgan fingerprint density at radius 2 is 1.91 bits per heavy atom. The van der Waals surface area contributed by atoms with Crippen LogP contribution in [0.4, 0.5) is 9.18 Å². The summed E-state index contributed by atoms with van der Waals surface area (Å²) in [6.07, 6.45) is 4.31. The maximum absolute atomic E-state index is 14.1. The zero-order valence-electron chi connectivity index (χ0n) is 18.5. The zero-order chi connectivity index (χ0) is 22.9. The van der Waals surface area contributed by atoms with E-state index in [0.717, 1.165) is 53.5 Å². The summed E-state index contributed by atoms with van der Waals surface area (Å²) in [4.78, 5) is 26.7. The smallest absolute Gasteiger partial charge is 0.323 e. The number of halogens is 1. The molecule has 1 saturated carbocycles. The largest absolute Gasteiger partial charge is 0.480 e. The van der Waals surface area contributed by atoms with Crippen molar-refractivity contribution in [3.05, 3.63) is 71.2 Å². The summed E-state index contributed by atoms with van der Waals surface area (Å²) >= 11 is 0. The Balaban J connectivity index is 1.41. The number of aliphatic carboxylic acids is 1. The maximum atomic E-state index is 14.1. The minimum Gasteiger partial charge on any atom is -0.480 e. The molecule has 0 saturated heterocycles. The third-order valence-corrected chi connectivity index (χ3v) is 6.84. The quantitative estimate of drug-likeness (QED) is 0.563. The number of carboxylic acids is 1. The van der Waals surface area contributed by atoms with Gasteiger partial charge < -0.3 is 19.9 Å². The van der Waals surface area contributed by atoms with E-state index in [1.807, 2.05) is 35.2 Å². The fourth-order valence-corrected chi connectivity index (χ4v) is 5.04. The molecule has 1 heterocycles. The molecule has 1 aromatic heterocycles. The number of carbonyl (C=O) groups is 2. The lowest BCUT2D eigenvalue weighted by molar-refractivity contribution is -0.137. The number of carboxylic acid groups (broad SMARTS) is 1. The van der Waals surface area contributed by atoms with Gasteiger partial charge in [0.25, 0.3) is 0 Å². The second-order valence-corrected chi connectivity index (χ2v) is 9.20. The zero-order valence-corrected chi connectivity index (χ0v) is 18.5. The molecule has 2 aromatic carbocycles.